The Balaban J connectivity index is 1.68. The molecule has 0 saturated heterocycles. The number of rotatable bonds is 5. The minimum Gasteiger partial charge on any atom is -0.393 e. The maximum absolute atomic E-state index is 11.2. The summed E-state index contributed by atoms with van der Waals surface area (Å²) in [5.41, 5.74) is 9.72. The highest BCUT2D eigenvalue weighted by molar-refractivity contribution is 9.10. The number of nitro groups is 1. The second kappa shape index (κ2) is 7.32. The van der Waals surface area contributed by atoms with Crippen molar-refractivity contribution in [2.45, 2.75) is 25.8 Å². The summed E-state index contributed by atoms with van der Waals surface area (Å²) in [6.07, 6.45) is 2.97. The number of aryl methyl sites for hydroxylation is 1. The average molecular weight is 390 g/mol. The van der Waals surface area contributed by atoms with E-state index in [1.54, 1.807) is 0 Å². The number of hydrogen-bond acceptors (Lipinski definition) is 4. The minimum atomic E-state index is -0.408. The van der Waals surface area contributed by atoms with Crippen LogP contribution in [0.25, 0.3) is 0 Å². The highest BCUT2D eigenvalue weighted by atomic mass is 79.9. The Labute approximate surface area is 149 Å². The van der Waals surface area contributed by atoms with Crippen molar-refractivity contribution in [1.29, 1.82) is 0 Å². The van der Waals surface area contributed by atoms with E-state index < -0.39 is 4.92 Å². The standard InChI is InChI=1S/C18H20BrN3O2/c19-16-11-17(22(23)24)18(20)15-12-21(10-8-14(15)16)9-4-7-13-5-2-1-3-6-13/h1-3,5-6,11H,4,7-10,12,20H2. The SMILES string of the molecule is Nc1c([N+](=O)[O-])cc(Br)c2c1CN(CCCc1ccccc1)CC2. The van der Waals surface area contributed by atoms with Crippen LogP contribution in [0.3, 0.4) is 0 Å². The fourth-order valence-corrected chi connectivity index (χ4v) is 3.92. The van der Waals surface area contributed by atoms with Gasteiger partial charge < -0.3 is 5.73 Å². The highest BCUT2D eigenvalue weighted by Crippen LogP contribution is 2.37. The molecule has 1 aliphatic rings. The first-order chi connectivity index (χ1) is 11.6. The molecular weight excluding hydrogens is 370 g/mol. The van der Waals surface area contributed by atoms with Crippen LogP contribution in [-0.4, -0.2) is 22.9 Å². The van der Waals surface area contributed by atoms with E-state index in [9.17, 15) is 10.1 Å². The molecule has 0 aliphatic carbocycles. The van der Waals surface area contributed by atoms with Gasteiger partial charge in [-0.1, -0.05) is 46.3 Å². The molecule has 0 spiro atoms. The van der Waals surface area contributed by atoms with E-state index in [1.807, 2.05) is 6.07 Å². The van der Waals surface area contributed by atoms with Crippen LogP contribution in [0.2, 0.25) is 0 Å². The molecule has 0 bridgehead atoms. The molecule has 1 heterocycles. The van der Waals surface area contributed by atoms with E-state index in [0.29, 0.717) is 12.2 Å². The van der Waals surface area contributed by atoms with Crippen molar-refractivity contribution in [3.8, 4) is 0 Å². The van der Waals surface area contributed by atoms with Gasteiger partial charge in [0.1, 0.15) is 5.69 Å². The Bertz CT molecular complexity index is 750. The number of nitrogens with zero attached hydrogens (tertiary/aromatic N) is 2. The van der Waals surface area contributed by atoms with Crippen LogP contribution in [0.5, 0.6) is 0 Å². The molecule has 0 aromatic heterocycles. The summed E-state index contributed by atoms with van der Waals surface area (Å²) in [7, 11) is 0. The zero-order valence-electron chi connectivity index (χ0n) is 13.4. The first kappa shape index (κ1) is 16.9. The Morgan fingerprint density at radius 2 is 2.00 bits per heavy atom. The van der Waals surface area contributed by atoms with Crippen molar-refractivity contribution in [3.05, 3.63) is 67.7 Å². The van der Waals surface area contributed by atoms with Gasteiger partial charge in [-0.15, -0.1) is 0 Å². The fourth-order valence-electron chi connectivity index (χ4n) is 3.26. The molecule has 3 rings (SSSR count). The number of benzene rings is 2. The van der Waals surface area contributed by atoms with Crippen LogP contribution < -0.4 is 5.73 Å². The van der Waals surface area contributed by atoms with Crippen LogP contribution in [0, 0.1) is 10.1 Å². The topological polar surface area (TPSA) is 72.4 Å². The summed E-state index contributed by atoms with van der Waals surface area (Å²) in [5.74, 6) is 0. The van der Waals surface area contributed by atoms with Crippen LogP contribution in [-0.2, 0) is 19.4 Å². The van der Waals surface area contributed by atoms with E-state index in [1.165, 1.54) is 11.6 Å². The fraction of sp³-hybridized carbons (Fsp3) is 0.333. The normalized spacial score (nSPS) is 14.4. The third-order valence-electron chi connectivity index (χ3n) is 4.56. The Morgan fingerprint density at radius 1 is 1.25 bits per heavy atom. The number of hydrogen-bond donors (Lipinski definition) is 1. The molecule has 2 N–H and O–H groups in total. The van der Waals surface area contributed by atoms with Crippen molar-refractivity contribution in [2.24, 2.45) is 0 Å². The largest absolute Gasteiger partial charge is 0.393 e. The lowest BCUT2D eigenvalue weighted by Crippen LogP contribution is -2.32. The quantitative estimate of drug-likeness (QED) is 0.477. The summed E-state index contributed by atoms with van der Waals surface area (Å²) in [6, 6.07) is 12.0. The van der Waals surface area contributed by atoms with Gasteiger partial charge in [0.25, 0.3) is 5.69 Å². The van der Waals surface area contributed by atoms with E-state index in [0.717, 1.165) is 48.0 Å². The molecule has 24 heavy (non-hydrogen) atoms. The maximum atomic E-state index is 11.2. The maximum Gasteiger partial charge on any atom is 0.293 e. The summed E-state index contributed by atoms with van der Waals surface area (Å²) in [4.78, 5) is 13.1. The molecule has 126 valence electrons. The third kappa shape index (κ3) is 3.60. The van der Waals surface area contributed by atoms with Gasteiger partial charge in [0, 0.05) is 29.2 Å². The van der Waals surface area contributed by atoms with Crippen LogP contribution in [0.15, 0.2) is 40.9 Å². The van der Waals surface area contributed by atoms with Crippen molar-refractivity contribution in [2.75, 3.05) is 18.8 Å². The monoisotopic (exact) mass is 389 g/mol. The van der Waals surface area contributed by atoms with E-state index in [-0.39, 0.29) is 5.69 Å². The number of nitrogens with two attached hydrogens (primary N) is 1. The molecule has 0 unspecified atom stereocenters. The number of anilines is 1. The smallest absolute Gasteiger partial charge is 0.293 e. The second-order valence-electron chi connectivity index (χ2n) is 6.12. The number of halogens is 1. The van der Waals surface area contributed by atoms with E-state index >= 15 is 0 Å². The molecule has 6 heteroatoms. The zero-order valence-corrected chi connectivity index (χ0v) is 15.0. The van der Waals surface area contributed by atoms with E-state index in [2.05, 4.69) is 45.1 Å². The van der Waals surface area contributed by atoms with Crippen molar-refractivity contribution in [3.63, 3.8) is 0 Å². The van der Waals surface area contributed by atoms with Crippen molar-refractivity contribution < 1.29 is 4.92 Å². The average Bonchev–Trinajstić information content (AvgIpc) is 2.59. The molecule has 0 amide bonds. The van der Waals surface area contributed by atoms with Gasteiger partial charge in [-0.25, -0.2) is 0 Å². The lowest BCUT2D eigenvalue weighted by Gasteiger charge is -2.30. The predicted molar refractivity (Wildman–Crippen MR) is 99.0 cm³/mol. The Kier molecular flexibility index (Phi) is 5.16. The van der Waals surface area contributed by atoms with Gasteiger partial charge in [-0.05, 0) is 36.9 Å². The van der Waals surface area contributed by atoms with Crippen LogP contribution in [0.4, 0.5) is 11.4 Å². The van der Waals surface area contributed by atoms with Gasteiger partial charge in [0.2, 0.25) is 0 Å². The molecule has 0 radical (unpaired) electrons. The zero-order chi connectivity index (χ0) is 17.1. The van der Waals surface area contributed by atoms with Crippen molar-refractivity contribution in [1.82, 2.24) is 4.90 Å². The van der Waals surface area contributed by atoms with Gasteiger partial charge in [-0.3, -0.25) is 15.0 Å². The van der Waals surface area contributed by atoms with Crippen LogP contribution in [0.1, 0.15) is 23.1 Å². The molecule has 0 fully saturated rings. The Morgan fingerprint density at radius 3 is 2.71 bits per heavy atom. The van der Waals surface area contributed by atoms with Crippen molar-refractivity contribution >= 4 is 27.3 Å². The number of nitrogen functional groups attached to an aromatic ring is 1. The molecule has 2 aromatic carbocycles. The lowest BCUT2D eigenvalue weighted by molar-refractivity contribution is -0.384. The molecular formula is C18H20BrN3O2. The summed E-state index contributed by atoms with van der Waals surface area (Å²) in [5, 5.41) is 11.2. The summed E-state index contributed by atoms with van der Waals surface area (Å²) in [6.45, 7) is 2.60. The first-order valence-electron chi connectivity index (χ1n) is 8.06. The van der Waals surface area contributed by atoms with Gasteiger partial charge in [-0.2, -0.15) is 0 Å². The van der Waals surface area contributed by atoms with E-state index in [4.69, 9.17) is 5.73 Å². The minimum absolute atomic E-state index is 0.00763. The lowest BCUT2D eigenvalue weighted by atomic mass is 9.96. The predicted octanol–water partition coefficient (Wildman–Crippen LogP) is 3.93. The Hall–Kier alpha value is -1.92. The van der Waals surface area contributed by atoms with Gasteiger partial charge in [0.05, 0.1) is 4.92 Å². The molecule has 2 aromatic rings. The molecule has 1 aliphatic heterocycles. The highest BCUT2D eigenvalue weighted by Gasteiger charge is 2.26. The molecule has 5 nitrogen and oxygen atoms in total. The van der Waals surface area contributed by atoms with Crippen LogP contribution >= 0.6 is 15.9 Å². The number of nitro benzene ring substituents is 1. The second-order valence-corrected chi connectivity index (χ2v) is 6.98. The third-order valence-corrected chi connectivity index (χ3v) is 5.26. The summed E-state index contributed by atoms with van der Waals surface area (Å²) < 4.78 is 0.794. The van der Waals surface area contributed by atoms with Gasteiger partial charge in [0.15, 0.2) is 0 Å². The first-order valence-corrected chi connectivity index (χ1v) is 8.86. The molecule has 0 saturated carbocycles. The van der Waals surface area contributed by atoms with Gasteiger partial charge >= 0.3 is 0 Å². The number of fused-ring (bicyclic) bond motifs is 1. The summed E-state index contributed by atoms with van der Waals surface area (Å²) >= 11 is 3.46. The molecule has 0 atom stereocenters.